The van der Waals surface area contributed by atoms with Gasteiger partial charge in [0.05, 0.1) is 0 Å². The molecule has 12 rings (SSSR count). The molecular weight excluding hydrogens is 775 g/mol. The van der Waals surface area contributed by atoms with E-state index in [1.807, 2.05) is 0 Å². The van der Waals surface area contributed by atoms with Crippen molar-refractivity contribution >= 4 is 43.1 Å². The molecule has 0 aliphatic rings. The summed E-state index contributed by atoms with van der Waals surface area (Å²) in [5.41, 5.74) is 12.0. The fourth-order valence-electron chi connectivity index (χ4n) is 9.29. The summed E-state index contributed by atoms with van der Waals surface area (Å²) in [6.45, 7) is 0. The highest BCUT2D eigenvalue weighted by Crippen LogP contribution is 2.41. The van der Waals surface area contributed by atoms with Crippen molar-refractivity contribution in [3.05, 3.63) is 237 Å². The molecule has 1 aromatic heterocycles. The van der Waals surface area contributed by atoms with Crippen LogP contribution in [0.25, 0.3) is 122 Å². The van der Waals surface area contributed by atoms with Gasteiger partial charge in [0.2, 0.25) is 0 Å². The molecule has 0 fully saturated rings. The minimum atomic E-state index is 0.612. The molecule has 0 atom stereocenters. The highest BCUT2D eigenvalue weighted by atomic mass is 15.0. The SMILES string of the molecule is c1ccc(-c2ccc(-c3nc(-c4ccc5ccccc5c4)nc(-c4c(-c5ccccc5)ccc5ccccc45)n3)cc2-c2ccc3cc(-c4cccc5ccccc45)ccc3c2)cc1. The molecule has 3 nitrogen and oxygen atoms in total. The zero-order valence-electron chi connectivity index (χ0n) is 34.9. The molecule has 0 aliphatic heterocycles. The molecule has 11 aromatic carbocycles. The van der Waals surface area contributed by atoms with Crippen LogP contribution in [0.4, 0.5) is 0 Å². The summed E-state index contributed by atoms with van der Waals surface area (Å²) < 4.78 is 0. The van der Waals surface area contributed by atoms with Crippen molar-refractivity contribution in [2.24, 2.45) is 0 Å². The van der Waals surface area contributed by atoms with Gasteiger partial charge in [-0.2, -0.15) is 0 Å². The van der Waals surface area contributed by atoms with Crippen LogP contribution in [0.3, 0.4) is 0 Å². The number of fused-ring (bicyclic) bond motifs is 4. The summed E-state index contributed by atoms with van der Waals surface area (Å²) in [7, 11) is 0. The molecule has 0 N–H and O–H groups in total. The second-order valence-electron chi connectivity index (χ2n) is 16.4. The van der Waals surface area contributed by atoms with Crippen molar-refractivity contribution in [1.29, 1.82) is 0 Å². The Bertz CT molecular complexity index is 3720. The van der Waals surface area contributed by atoms with E-state index in [-0.39, 0.29) is 0 Å². The van der Waals surface area contributed by atoms with Crippen molar-refractivity contribution in [3.8, 4) is 78.7 Å². The Balaban J connectivity index is 1.06. The topological polar surface area (TPSA) is 38.7 Å². The maximum atomic E-state index is 5.42. The molecule has 3 heteroatoms. The van der Waals surface area contributed by atoms with E-state index in [9.17, 15) is 0 Å². The van der Waals surface area contributed by atoms with Crippen molar-refractivity contribution in [3.63, 3.8) is 0 Å². The number of rotatable bonds is 7. The predicted molar refractivity (Wildman–Crippen MR) is 268 cm³/mol. The third kappa shape index (κ3) is 6.77. The predicted octanol–water partition coefficient (Wildman–Crippen LogP) is 16.2. The van der Waals surface area contributed by atoms with E-state index in [2.05, 4.69) is 237 Å². The zero-order valence-corrected chi connectivity index (χ0v) is 34.9. The largest absolute Gasteiger partial charge is 0.208 e. The summed E-state index contributed by atoms with van der Waals surface area (Å²) >= 11 is 0. The van der Waals surface area contributed by atoms with Crippen LogP contribution in [0.5, 0.6) is 0 Å². The molecule has 1 heterocycles. The van der Waals surface area contributed by atoms with Crippen LogP contribution < -0.4 is 0 Å². The van der Waals surface area contributed by atoms with Crippen LogP contribution in [0.2, 0.25) is 0 Å². The van der Waals surface area contributed by atoms with Gasteiger partial charge in [0.1, 0.15) is 0 Å². The first-order valence-electron chi connectivity index (χ1n) is 21.8. The fourth-order valence-corrected chi connectivity index (χ4v) is 9.29. The average molecular weight is 814 g/mol. The Kier molecular flexibility index (Phi) is 9.16. The molecule has 0 saturated heterocycles. The highest BCUT2D eigenvalue weighted by Gasteiger charge is 2.20. The molecule has 0 spiro atoms. The van der Waals surface area contributed by atoms with Gasteiger partial charge in [-0.05, 0) is 112 Å². The third-order valence-electron chi connectivity index (χ3n) is 12.5. The summed E-state index contributed by atoms with van der Waals surface area (Å²) in [5, 5.41) is 9.39. The molecule has 0 saturated carbocycles. The lowest BCUT2D eigenvalue weighted by Crippen LogP contribution is -2.02. The van der Waals surface area contributed by atoms with Crippen LogP contribution in [-0.2, 0) is 0 Å². The second kappa shape index (κ2) is 15.7. The van der Waals surface area contributed by atoms with Crippen LogP contribution in [0, 0.1) is 0 Å². The van der Waals surface area contributed by atoms with Gasteiger partial charge >= 0.3 is 0 Å². The van der Waals surface area contributed by atoms with Crippen LogP contribution in [0.15, 0.2) is 237 Å². The monoisotopic (exact) mass is 813 g/mol. The number of hydrogen-bond acceptors (Lipinski definition) is 3. The van der Waals surface area contributed by atoms with E-state index in [4.69, 9.17) is 15.0 Å². The first kappa shape index (κ1) is 37.2. The smallest absolute Gasteiger partial charge is 0.165 e. The lowest BCUT2D eigenvalue weighted by molar-refractivity contribution is 1.08. The Morgan fingerprint density at radius 3 is 1.36 bits per heavy atom. The molecule has 0 radical (unpaired) electrons. The van der Waals surface area contributed by atoms with Crippen molar-refractivity contribution in [2.75, 3.05) is 0 Å². The zero-order chi connectivity index (χ0) is 42.4. The van der Waals surface area contributed by atoms with Crippen molar-refractivity contribution in [2.45, 2.75) is 0 Å². The average Bonchev–Trinajstić information content (AvgIpc) is 3.38. The van der Waals surface area contributed by atoms with Crippen LogP contribution in [0.1, 0.15) is 0 Å². The Morgan fingerprint density at radius 1 is 0.203 bits per heavy atom. The Hall–Kier alpha value is -8.53. The van der Waals surface area contributed by atoms with Gasteiger partial charge in [0, 0.05) is 16.7 Å². The van der Waals surface area contributed by atoms with Gasteiger partial charge < -0.3 is 0 Å². The molecule has 64 heavy (non-hydrogen) atoms. The summed E-state index contributed by atoms with van der Waals surface area (Å²) in [5.74, 6) is 1.87. The number of hydrogen-bond donors (Lipinski definition) is 0. The quantitative estimate of drug-likeness (QED) is 0.161. The Morgan fingerprint density at radius 2 is 0.641 bits per heavy atom. The third-order valence-corrected chi connectivity index (χ3v) is 12.5. The summed E-state index contributed by atoms with van der Waals surface area (Å²) in [6, 6.07) is 84.4. The van der Waals surface area contributed by atoms with Gasteiger partial charge in [-0.3, -0.25) is 0 Å². The molecule has 298 valence electrons. The first-order valence-corrected chi connectivity index (χ1v) is 21.8. The highest BCUT2D eigenvalue weighted by molar-refractivity contribution is 6.04. The van der Waals surface area contributed by atoms with Gasteiger partial charge in [0.25, 0.3) is 0 Å². The number of benzene rings is 11. The van der Waals surface area contributed by atoms with Crippen LogP contribution in [-0.4, -0.2) is 15.0 Å². The Labute approximate surface area is 371 Å². The maximum absolute atomic E-state index is 5.42. The van der Waals surface area contributed by atoms with E-state index in [1.54, 1.807) is 0 Å². The number of aromatic nitrogens is 3. The summed E-state index contributed by atoms with van der Waals surface area (Å²) in [6.07, 6.45) is 0. The minimum Gasteiger partial charge on any atom is -0.208 e. The van der Waals surface area contributed by atoms with Crippen LogP contribution >= 0.6 is 0 Å². The lowest BCUT2D eigenvalue weighted by Gasteiger charge is -2.16. The van der Waals surface area contributed by atoms with Gasteiger partial charge in [-0.15, -0.1) is 0 Å². The van der Waals surface area contributed by atoms with Crippen molar-refractivity contribution in [1.82, 2.24) is 15.0 Å². The second-order valence-corrected chi connectivity index (χ2v) is 16.4. The van der Waals surface area contributed by atoms with E-state index in [0.717, 1.165) is 66.2 Å². The first-order chi connectivity index (χ1) is 31.7. The lowest BCUT2D eigenvalue weighted by atomic mass is 9.90. The molecule has 0 amide bonds. The van der Waals surface area contributed by atoms with E-state index in [0.29, 0.717) is 17.5 Å². The van der Waals surface area contributed by atoms with Gasteiger partial charge in [-0.1, -0.05) is 212 Å². The van der Waals surface area contributed by atoms with Gasteiger partial charge in [-0.25, -0.2) is 15.0 Å². The molecule has 12 aromatic rings. The fraction of sp³-hybridized carbons (Fsp3) is 0. The molecule has 0 unspecified atom stereocenters. The van der Waals surface area contributed by atoms with E-state index < -0.39 is 0 Å². The van der Waals surface area contributed by atoms with Crippen molar-refractivity contribution < 1.29 is 0 Å². The molecule has 0 aliphatic carbocycles. The standard InChI is InChI=1S/C61H39N3/c1-3-15-41(16-4-1)54-34-33-51(39-57(54)49-30-28-46-36-48(29-27-47(46)37-49)53-25-13-22-42-19-9-11-23-52(42)53)60-62-59(50-31-26-40-14-7-8-21-45(40)38-50)63-61(64-60)58-55-24-12-10-20-44(55)32-35-56(58)43-17-5-2-6-18-43/h1-39H. The minimum absolute atomic E-state index is 0.612. The van der Waals surface area contributed by atoms with E-state index >= 15 is 0 Å². The maximum Gasteiger partial charge on any atom is 0.165 e. The normalized spacial score (nSPS) is 11.4. The van der Waals surface area contributed by atoms with E-state index in [1.165, 1.54) is 38.1 Å². The van der Waals surface area contributed by atoms with Gasteiger partial charge in [0.15, 0.2) is 17.5 Å². The summed E-state index contributed by atoms with van der Waals surface area (Å²) in [4.78, 5) is 16.1. The molecule has 0 bridgehead atoms. The molecular formula is C61H39N3. The number of nitrogens with zero attached hydrogens (tertiary/aromatic N) is 3.